The number of nitriles is 1. The van der Waals surface area contributed by atoms with E-state index < -0.39 is 9.84 Å². The molecular weight excluding hydrogens is 238 g/mol. The van der Waals surface area contributed by atoms with E-state index in [-0.39, 0.29) is 5.75 Å². The van der Waals surface area contributed by atoms with E-state index in [1.54, 1.807) is 18.2 Å². The molecule has 0 bridgehead atoms. The van der Waals surface area contributed by atoms with Crippen LogP contribution in [0.15, 0.2) is 18.2 Å². The van der Waals surface area contributed by atoms with Crippen molar-refractivity contribution < 1.29 is 8.42 Å². The van der Waals surface area contributed by atoms with Gasteiger partial charge in [0.05, 0.1) is 22.7 Å². The molecule has 0 aliphatic rings. The molecule has 17 heavy (non-hydrogen) atoms. The summed E-state index contributed by atoms with van der Waals surface area (Å²) in [6, 6.07) is 7.12. The summed E-state index contributed by atoms with van der Waals surface area (Å²) in [5.41, 5.74) is 7.24. The molecule has 0 aliphatic heterocycles. The zero-order chi connectivity index (χ0) is 12.9. The fourth-order valence-electron chi connectivity index (χ4n) is 1.37. The SMILES string of the molecule is CS(=O)(=O)CCCNc1cccc(C#N)c1N. The first-order chi connectivity index (χ1) is 7.94. The highest BCUT2D eigenvalue weighted by Gasteiger charge is 2.04. The van der Waals surface area contributed by atoms with Gasteiger partial charge in [0.25, 0.3) is 0 Å². The van der Waals surface area contributed by atoms with Gasteiger partial charge in [0, 0.05) is 12.8 Å². The Balaban J connectivity index is 2.56. The van der Waals surface area contributed by atoms with E-state index in [0.29, 0.717) is 29.9 Å². The Labute approximate surface area is 101 Å². The molecule has 92 valence electrons. The Bertz CT molecular complexity index is 532. The van der Waals surface area contributed by atoms with E-state index in [4.69, 9.17) is 11.0 Å². The third-order valence-corrected chi connectivity index (χ3v) is 3.26. The highest BCUT2D eigenvalue weighted by atomic mass is 32.2. The van der Waals surface area contributed by atoms with Gasteiger partial charge in [-0.3, -0.25) is 0 Å². The first-order valence-electron chi connectivity index (χ1n) is 5.14. The van der Waals surface area contributed by atoms with Crippen LogP contribution in [0.5, 0.6) is 0 Å². The minimum absolute atomic E-state index is 0.137. The predicted molar refractivity (Wildman–Crippen MR) is 68.4 cm³/mol. The summed E-state index contributed by atoms with van der Waals surface area (Å²) in [7, 11) is -2.93. The van der Waals surface area contributed by atoms with Crippen molar-refractivity contribution in [2.75, 3.05) is 29.6 Å². The molecular formula is C11H15N3O2S. The minimum Gasteiger partial charge on any atom is -0.396 e. The Kier molecular flexibility index (Phi) is 4.35. The van der Waals surface area contributed by atoms with Crippen LogP contribution >= 0.6 is 0 Å². The summed E-state index contributed by atoms with van der Waals surface area (Å²) in [6.45, 7) is 0.506. The number of rotatable bonds is 5. The lowest BCUT2D eigenvalue weighted by atomic mass is 10.1. The Hall–Kier alpha value is -1.74. The number of hydrogen-bond donors (Lipinski definition) is 2. The Morgan fingerprint density at radius 3 is 2.76 bits per heavy atom. The average Bonchev–Trinajstić information content (AvgIpc) is 2.25. The Morgan fingerprint density at radius 1 is 1.47 bits per heavy atom. The van der Waals surface area contributed by atoms with Gasteiger partial charge in [-0.15, -0.1) is 0 Å². The molecule has 3 N–H and O–H groups in total. The van der Waals surface area contributed by atoms with Crippen molar-refractivity contribution in [2.45, 2.75) is 6.42 Å². The van der Waals surface area contributed by atoms with Crippen molar-refractivity contribution >= 4 is 21.2 Å². The lowest BCUT2D eigenvalue weighted by Crippen LogP contribution is -2.10. The smallest absolute Gasteiger partial charge is 0.147 e. The maximum Gasteiger partial charge on any atom is 0.147 e. The fourth-order valence-corrected chi connectivity index (χ4v) is 2.04. The van der Waals surface area contributed by atoms with Crippen molar-refractivity contribution in [3.63, 3.8) is 0 Å². The monoisotopic (exact) mass is 253 g/mol. The third-order valence-electron chi connectivity index (χ3n) is 2.23. The maximum absolute atomic E-state index is 10.9. The molecule has 1 aromatic carbocycles. The molecule has 1 aromatic rings. The number of nitrogens with zero attached hydrogens (tertiary/aromatic N) is 1. The number of benzene rings is 1. The molecule has 0 heterocycles. The molecule has 0 atom stereocenters. The molecule has 6 heteroatoms. The molecule has 0 saturated heterocycles. The summed E-state index contributed by atoms with van der Waals surface area (Å²) in [5.74, 6) is 0.137. The van der Waals surface area contributed by atoms with Gasteiger partial charge in [0.1, 0.15) is 15.9 Å². The minimum atomic E-state index is -2.93. The standard InChI is InChI=1S/C11H15N3O2S/c1-17(15,16)7-3-6-14-10-5-2-4-9(8-12)11(10)13/h2,4-5,14H,3,6-7,13H2,1H3. The van der Waals surface area contributed by atoms with Gasteiger partial charge in [-0.05, 0) is 18.6 Å². The van der Waals surface area contributed by atoms with Gasteiger partial charge in [-0.2, -0.15) is 5.26 Å². The quantitative estimate of drug-likeness (QED) is 0.602. The zero-order valence-corrected chi connectivity index (χ0v) is 10.4. The largest absolute Gasteiger partial charge is 0.396 e. The molecule has 5 nitrogen and oxygen atoms in total. The van der Waals surface area contributed by atoms with Gasteiger partial charge < -0.3 is 11.1 Å². The molecule has 1 rings (SSSR count). The second kappa shape index (κ2) is 5.55. The molecule has 0 aliphatic carbocycles. The topological polar surface area (TPSA) is 96.0 Å². The van der Waals surface area contributed by atoms with Gasteiger partial charge in [0.2, 0.25) is 0 Å². The second-order valence-electron chi connectivity index (χ2n) is 3.79. The van der Waals surface area contributed by atoms with Crippen LogP contribution < -0.4 is 11.1 Å². The summed E-state index contributed by atoms with van der Waals surface area (Å²) < 4.78 is 21.8. The van der Waals surface area contributed by atoms with E-state index in [0.717, 1.165) is 0 Å². The highest BCUT2D eigenvalue weighted by Crippen LogP contribution is 2.21. The van der Waals surface area contributed by atoms with E-state index in [1.165, 1.54) is 6.26 Å². The van der Waals surface area contributed by atoms with Crippen LogP contribution in [-0.2, 0) is 9.84 Å². The van der Waals surface area contributed by atoms with E-state index in [9.17, 15) is 8.42 Å². The van der Waals surface area contributed by atoms with Gasteiger partial charge in [0.15, 0.2) is 0 Å². The van der Waals surface area contributed by atoms with E-state index in [2.05, 4.69) is 5.32 Å². The number of anilines is 2. The van der Waals surface area contributed by atoms with Crippen molar-refractivity contribution in [1.29, 1.82) is 5.26 Å². The molecule has 0 spiro atoms. The summed E-state index contributed by atoms with van der Waals surface area (Å²) >= 11 is 0. The van der Waals surface area contributed by atoms with E-state index >= 15 is 0 Å². The number of hydrogen-bond acceptors (Lipinski definition) is 5. The van der Waals surface area contributed by atoms with Gasteiger partial charge >= 0.3 is 0 Å². The first-order valence-corrected chi connectivity index (χ1v) is 7.20. The lowest BCUT2D eigenvalue weighted by molar-refractivity contribution is 0.600. The predicted octanol–water partition coefficient (Wildman–Crippen LogP) is 0.987. The maximum atomic E-state index is 10.9. The number of nitrogens with two attached hydrogens (primary N) is 1. The van der Waals surface area contributed by atoms with E-state index in [1.807, 2.05) is 6.07 Å². The lowest BCUT2D eigenvalue weighted by Gasteiger charge is -2.09. The molecule has 0 unspecified atom stereocenters. The van der Waals surface area contributed by atoms with Crippen LogP contribution in [0.25, 0.3) is 0 Å². The van der Waals surface area contributed by atoms with Crippen LogP contribution in [0, 0.1) is 11.3 Å². The molecule has 0 radical (unpaired) electrons. The van der Waals surface area contributed by atoms with Crippen molar-refractivity contribution in [2.24, 2.45) is 0 Å². The second-order valence-corrected chi connectivity index (χ2v) is 6.05. The van der Waals surface area contributed by atoms with Crippen LogP contribution in [0.1, 0.15) is 12.0 Å². The molecule has 0 fully saturated rings. The number of nitrogen functional groups attached to an aromatic ring is 1. The summed E-state index contributed by atoms with van der Waals surface area (Å²) in [6.07, 6.45) is 1.71. The molecule has 0 saturated carbocycles. The van der Waals surface area contributed by atoms with Crippen molar-refractivity contribution in [3.8, 4) is 6.07 Å². The number of sulfone groups is 1. The van der Waals surface area contributed by atoms with Crippen LogP contribution in [0.2, 0.25) is 0 Å². The van der Waals surface area contributed by atoms with Crippen LogP contribution in [-0.4, -0.2) is 27.0 Å². The normalized spacial score (nSPS) is 10.8. The number of para-hydroxylation sites is 1. The Morgan fingerprint density at radius 2 is 2.18 bits per heavy atom. The third kappa shape index (κ3) is 4.33. The van der Waals surface area contributed by atoms with Crippen LogP contribution in [0.4, 0.5) is 11.4 Å². The van der Waals surface area contributed by atoms with Crippen molar-refractivity contribution in [3.05, 3.63) is 23.8 Å². The van der Waals surface area contributed by atoms with Crippen LogP contribution in [0.3, 0.4) is 0 Å². The fraction of sp³-hybridized carbons (Fsp3) is 0.364. The van der Waals surface area contributed by atoms with Gasteiger partial charge in [-0.25, -0.2) is 8.42 Å². The summed E-state index contributed by atoms with van der Waals surface area (Å²) in [5, 5.41) is 11.8. The average molecular weight is 253 g/mol. The molecule has 0 amide bonds. The number of nitrogens with one attached hydrogen (secondary N) is 1. The summed E-state index contributed by atoms with van der Waals surface area (Å²) in [4.78, 5) is 0. The zero-order valence-electron chi connectivity index (χ0n) is 9.60. The van der Waals surface area contributed by atoms with Crippen molar-refractivity contribution in [1.82, 2.24) is 0 Å². The molecule has 0 aromatic heterocycles. The highest BCUT2D eigenvalue weighted by molar-refractivity contribution is 7.90. The van der Waals surface area contributed by atoms with Gasteiger partial charge in [-0.1, -0.05) is 6.07 Å². The first kappa shape index (κ1) is 13.3.